The Balaban J connectivity index is 1.61. The Morgan fingerprint density at radius 3 is 2.48 bits per heavy atom. The summed E-state index contributed by atoms with van der Waals surface area (Å²) in [5, 5.41) is 9.91. The summed E-state index contributed by atoms with van der Waals surface area (Å²) in [6, 6.07) is 9.80. The lowest BCUT2D eigenvalue weighted by molar-refractivity contribution is -0.121. The van der Waals surface area contributed by atoms with Crippen LogP contribution in [0.15, 0.2) is 36.5 Å². The lowest BCUT2D eigenvalue weighted by Crippen LogP contribution is -2.26. The molecule has 0 atom stereocenters. The summed E-state index contributed by atoms with van der Waals surface area (Å²) in [5.41, 5.74) is 2.91. The Labute approximate surface area is 125 Å². The lowest BCUT2D eigenvalue weighted by Gasteiger charge is -2.25. The molecule has 110 valence electrons. The molecule has 1 amide bonds. The highest BCUT2D eigenvalue weighted by atomic mass is 16.1. The molecule has 0 aliphatic heterocycles. The largest absolute Gasteiger partial charge is 0.326 e. The summed E-state index contributed by atoms with van der Waals surface area (Å²) in [4.78, 5) is 12.3. The molecule has 1 heterocycles. The fraction of sp³-hybridized carbons (Fsp3) is 0.412. The summed E-state index contributed by atoms with van der Waals surface area (Å²) >= 11 is 0. The first-order valence-corrected chi connectivity index (χ1v) is 7.63. The molecule has 1 aliphatic carbocycles. The van der Waals surface area contributed by atoms with Gasteiger partial charge in [0, 0.05) is 17.8 Å². The molecule has 3 rings (SSSR count). The molecular weight excluding hydrogens is 262 g/mol. The molecule has 0 saturated heterocycles. The van der Waals surface area contributed by atoms with Crippen LogP contribution in [0.25, 0.3) is 11.3 Å². The van der Waals surface area contributed by atoms with E-state index >= 15 is 0 Å². The second kappa shape index (κ2) is 6.12. The van der Waals surface area contributed by atoms with Crippen molar-refractivity contribution in [3.8, 4) is 11.3 Å². The van der Waals surface area contributed by atoms with Gasteiger partial charge in [0.05, 0.1) is 5.69 Å². The molecule has 4 nitrogen and oxygen atoms in total. The number of carbonyl (C=O) groups is 1. The van der Waals surface area contributed by atoms with Crippen LogP contribution in [0.4, 0.5) is 5.69 Å². The zero-order valence-corrected chi connectivity index (χ0v) is 12.3. The van der Waals surface area contributed by atoms with E-state index in [9.17, 15) is 4.79 Å². The van der Waals surface area contributed by atoms with Crippen molar-refractivity contribution in [2.75, 3.05) is 5.32 Å². The zero-order chi connectivity index (χ0) is 14.7. The number of H-pyrrole nitrogens is 1. The number of carbonyl (C=O) groups excluding carboxylic acids is 1. The van der Waals surface area contributed by atoms with Crippen molar-refractivity contribution in [2.24, 2.45) is 11.8 Å². The maximum atomic E-state index is 12.3. The molecule has 2 N–H and O–H groups in total. The van der Waals surface area contributed by atoms with Gasteiger partial charge in [0.15, 0.2) is 0 Å². The topological polar surface area (TPSA) is 57.8 Å². The molecule has 1 aromatic carbocycles. The third-order valence-corrected chi connectivity index (χ3v) is 4.35. The number of hydrogen-bond donors (Lipinski definition) is 2. The van der Waals surface area contributed by atoms with Crippen LogP contribution >= 0.6 is 0 Å². The third kappa shape index (κ3) is 3.32. The highest BCUT2D eigenvalue weighted by Gasteiger charge is 2.24. The molecule has 2 aromatic rings. The first kappa shape index (κ1) is 13.9. The van der Waals surface area contributed by atoms with Crippen LogP contribution in [-0.4, -0.2) is 16.1 Å². The fourth-order valence-corrected chi connectivity index (χ4v) is 2.92. The molecule has 0 bridgehead atoms. The Morgan fingerprint density at radius 1 is 1.14 bits per heavy atom. The van der Waals surface area contributed by atoms with Gasteiger partial charge in [0.25, 0.3) is 0 Å². The second-order valence-electron chi connectivity index (χ2n) is 5.99. The number of anilines is 1. The van der Waals surface area contributed by atoms with E-state index in [1.54, 1.807) is 6.20 Å². The first-order valence-electron chi connectivity index (χ1n) is 7.63. The molecule has 4 heteroatoms. The molecule has 0 radical (unpaired) electrons. The van der Waals surface area contributed by atoms with Crippen molar-refractivity contribution >= 4 is 11.6 Å². The predicted octanol–water partition coefficient (Wildman–Crippen LogP) is 3.84. The Kier molecular flexibility index (Phi) is 4.04. The molecule has 1 fully saturated rings. The van der Waals surface area contributed by atoms with Crippen LogP contribution in [0.2, 0.25) is 0 Å². The molecule has 0 spiro atoms. The van der Waals surface area contributed by atoms with Gasteiger partial charge < -0.3 is 5.32 Å². The van der Waals surface area contributed by atoms with E-state index in [1.165, 1.54) is 0 Å². The van der Waals surface area contributed by atoms with E-state index in [0.717, 1.165) is 48.5 Å². The number of nitrogens with one attached hydrogen (secondary N) is 2. The summed E-state index contributed by atoms with van der Waals surface area (Å²) in [6.07, 6.45) is 6.08. The van der Waals surface area contributed by atoms with E-state index in [-0.39, 0.29) is 11.8 Å². The molecule has 1 saturated carbocycles. The monoisotopic (exact) mass is 283 g/mol. The van der Waals surface area contributed by atoms with Crippen LogP contribution in [0.5, 0.6) is 0 Å². The van der Waals surface area contributed by atoms with Gasteiger partial charge in [0.2, 0.25) is 5.91 Å². The minimum absolute atomic E-state index is 0.163. The normalized spacial score (nSPS) is 22.0. The summed E-state index contributed by atoms with van der Waals surface area (Å²) in [5.74, 6) is 1.10. The van der Waals surface area contributed by atoms with Gasteiger partial charge in [-0.1, -0.05) is 19.1 Å². The predicted molar refractivity (Wildman–Crippen MR) is 83.8 cm³/mol. The number of amides is 1. The number of aromatic nitrogens is 2. The summed E-state index contributed by atoms with van der Waals surface area (Å²) in [7, 11) is 0. The molecule has 1 aromatic heterocycles. The second-order valence-corrected chi connectivity index (χ2v) is 5.99. The quantitative estimate of drug-likeness (QED) is 0.899. The fourth-order valence-electron chi connectivity index (χ4n) is 2.92. The number of aromatic amines is 1. The van der Waals surface area contributed by atoms with E-state index < -0.39 is 0 Å². The smallest absolute Gasteiger partial charge is 0.227 e. The van der Waals surface area contributed by atoms with Crippen molar-refractivity contribution in [1.82, 2.24) is 10.2 Å². The number of rotatable bonds is 3. The van der Waals surface area contributed by atoms with Crippen LogP contribution in [0.3, 0.4) is 0 Å². The molecule has 21 heavy (non-hydrogen) atoms. The van der Waals surface area contributed by atoms with Crippen molar-refractivity contribution < 1.29 is 4.79 Å². The average Bonchev–Trinajstić information content (AvgIpc) is 3.03. The minimum Gasteiger partial charge on any atom is -0.326 e. The Bertz CT molecular complexity index is 581. The molecule has 1 aliphatic rings. The van der Waals surface area contributed by atoms with Crippen LogP contribution in [-0.2, 0) is 4.79 Å². The van der Waals surface area contributed by atoms with Gasteiger partial charge >= 0.3 is 0 Å². The van der Waals surface area contributed by atoms with Crippen LogP contribution in [0, 0.1) is 11.8 Å². The van der Waals surface area contributed by atoms with Crippen molar-refractivity contribution in [1.29, 1.82) is 0 Å². The van der Waals surface area contributed by atoms with Crippen molar-refractivity contribution in [3.05, 3.63) is 36.5 Å². The summed E-state index contributed by atoms with van der Waals surface area (Å²) in [6.45, 7) is 2.27. The highest BCUT2D eigenvalue weighted by Crippen LogP contribution is 2.29. The van der Waals surface area contributed by atoms with Crippen molar-refractivity contribution in [3.63, 3.8) is 0 Å². The maximum Gasteiger partial charge on any atom is 0.227 e. The summed E-state index contributed by atoms with van der Waals surface area (Å²) < 4.78 is 0. The minimum atomic E-state index is 0.163. The van der Waals surface area contributed by atoms with Crippen LogP contribution < -0.4 is 5.32 Å². The Morgan fingerprint density at radius 2 is 1.86 bits per heavy atom. The van der Waals surface area contributed by atoms with Crippen LogP contribution in [0.1, 0.15) is 32.6 Å². The van der Waals surface area contributed by atoms with E-state index in [0.29, 0.717) is 0 Å². The van der Waals surface area contributed by atoms with Gasteiger partial charge in [-0.15, -0.1) is 0 Å². The maximum absolute atomic E-state index is 12.3. The van der Waals surface area contributed by atoms with Gasteiger partial charge in [-0.05, 0) is 55.4 Å². The van der Waals surface area contributed by atoms with Gasteiger partial charge in [-0.25, -0.2) is 0 Å². The zero-order valence-electron chi connectivity index (χ0n) is 12.3. The lowest BCUT2D eigenvalue weighted by atomic mass is 9.82. The molecule has 0 unspecified atom stereocenters. The van der Waals surface area contributed by atoms with Gasteiger partial charge in [-0.3, -0.25) is 9.89 Å². The third-order valence-electron chi connectivity index (χ3n) is 4.35. The first-order chi connectivity index (χ1) is 10.2. The van der Waals surface area contributed by atoms with Crippen molar-refractivity contribution in [2.45, 2.75) is 32.6 Å². The number of benzene rings is 1. The standard InChI is InChI=1S/C17H21N3O/c1-12-2-4-14(5-3-12)17(21)19-15-8-6-13(7-9-15)16-10-11-18-20-16/h6-12,14H,2-5H2,1H3,(H,18,20)(H,19,21). The Hall–Kier alpha value is -2.10. The number of hydrogen-bond acceptors (Lipinski definition) is 2. The van der Waals surface area contributed by atoms with Gasteiger partial charge in [-0.2, -0.15) is 5.10 Å². The highest BCUT2D eigenvalue weighted by molar-refractivity contribution is 5.92. The number of nitrogens with zero attached hydrogens (tertiary/aromatic N) is 1. The van der Waals surface area contributed by atoms with E-state index in [2.05, 4.69) is 22.4 Å². The SMILES string of the molecule is CC1CCC(C(=O)Nc2ccc(-c3ccn[nH]3)cc2)CC1. The van der Waals surface area contributed by atoms with Gasteiger partial charge in [0.1, 0.15) is 0 Å². The molecular formula is C17H21N3O. The average molecular weight is 283 g/mol. The van der Waals surface area contributed by atoms with E-state index in [4.69, 9.17) is 0 Å². The van der Waals surface area contributed by atoms with E-state index in [1.807, 2.05) is 30.3 Å².